The molecule has 118 valence electrons. The van der Waals surface area contributed by atoms with Gasteiger partial charge < -0.3 is 14.4 Å². The Morgan fingerprint density at radius 2 is 1.77 bits per heavy atom. The van der Waals surface area contributed by atoms with E-state index < -0.39 is 5.79 Å². The third-order valence-electron chi connectivity index (χ3n) is 4.92. The number of piperidine rings is 1. The van der Waals surface area contributed by atoms with Gasteiger partial charge in [0, 0.05) is 5.56 Å². The first-order chi connectivity index (χ1) is 10.8. The highest BCUT2D eigenvalue weighted by molar-refractivity contribution is 6.05. The number of amides is 1. The van der Waals surface area contributed by atoms with Gasteiger partial charge in [0.2, 0.25) is 0 Å². The molecule has 2 saturated heterocycles. The summed E-state index contributed by atoms with van der Waals surface area (Å²) >= 11 is 0. The van der Waals surface area contributed by atoms with E-state index >= 15 is 0 Å². The number of likely N-dealkylation sites (tertiary alicyclic amines) is 1. The Labute approximate surface area is 130 Å². The maximum absolute atomic E-state index is 13.1. The lowest BCUT2D eigenvalue weighted by Gasteiger charge is -2.33. The third kappa shape index (κ3) is 2.16. The van der Waals surface area contributed by atoms with Crippen LogP contribution >= 0.6 is 0 Å². The average Bonchev–Trinajstić information content (AvgIpc) is 2.80. The molecule has 0 atom stereocenters. The maximum atomic E-state index is 13.1. The summed E-state index contributed by atoms with van der Waals surface area (Å²) in [6.07, 6.45) is 4.65. The molecule has 22 heavy (non-hydrogen) atoms. The highest BCUT2D eigenvalue weighted by atomic mass is 16.7. The number of anilines is 1. The smallest absolute Gasteiger partial charge is 0.296 e. The van der Waals surface area contributed by atoms with Gasteiger partial charge in [-0.25, -0.2) is 0 Å². The van der Waals surface area contributed by atoms with Crippen LogP contribution < -0.4 is 9.80 Å². The Balaban J connectivity index is 1.66. The number of carbonyl (C=O) groups excluding carboxylic acids is 1. The van der Waals surface area contributed by atoms with Gasteiger partial charge in [-0.3, -0.25) is 9.69 Å². The zero-order valence-corrected chi connectivity index (χ0v) is 12.8. The number of fused-ring (bicyclic) bond motifs is 2. The van der Waals surface area contributed by atoms with E-state index in [4.69, 9.17) is 9.47 Å². The Kier molecular flexibility index (Phi) is 3.64. The van der Waals surface area contributed by atoms with Crippen LogP contribution in [0.15, 0.2) is 24.3 Å². The van der Waals surface area contributed by atoms with E-state index in [9.17, 15) is 4.79 Å². The maximum Gasteiger partial charge on any atom is 0.296 e. The normalized spacial score (nSPS) is 24.7. The van der Waals surface area contributed by atoms with E-state index in [1.54, 1.807) is 0 Å². The fraction of sp³-hybridized carbons (Fsp3) is 0.588. The van der Waals surface area contributed by atoms with Gasteiger partial charge in [0.25, 0.3) is 11.7 Å². The molecule has 3 aliphatic heterocycles. The van der Waals surface area contributed by atoms with Crippen molar-refractivity contribution in [2.75, 3.05) is 37.9 Å². The van der Waals surface area contributed by atoms with Gasteiger partial charge in [0.05, 0.1) is 32.0 Å². The summed E-state index contributed by atoms with van der Waals surface area (Å²) in [4.78, 5) is 16.4. The number of hydrogen-bond acceptors (Lipinski definition) is 3. The highest BCUT2D eigenvalue weighted by Crippen LogP contribution is 2.44. The Hall–Kier alpha value is -1.43. The van der Waals surface area contributed by atoms with E-state index in [0.29, 0.717) is 19.9 Å². The van der Waals surface area contributed by atoms with Crippen molar-refractivity contribution >= 4 is 11.6 Å². The molecule has 5 nitrogen and oxygen atoms in total. The minimum Gasteiger partial charge on any atom is -0.338 e. The van der Waals surface area contributed by atoms with Crippen molar-refractivity contribution < 1.29 is 19.2 Å². The summed E-state index contributed by atoms with van der Waals surface area (Å²) in [5.74, 6) is -1.24. The molecule has 1 aromatic rings. The molecule has 0 bridgehead atoms. The lowest BCUT2D eigenvalue weighted by atomic mass is 10.1. The van der Waals surface area contributed by atoms with Crippen molar-refractivity contribution in [2.24, 2.45) is 0 Å². The molecule has 0 unspecified atom stereocenters. The second-order valence-corrected chi connectivity index (χ2v) is 6.39. The molecular weight excluding hydrogens is 280 g/mol. The van der Waals surface area contributed by atoms with Gasteiger partial charge in [-0.1, -0.05) is 18.2 Å². The summed E-state index contributed by atoms with van der Waals surface area (Å²) in [6, 6.07) is 7.90. The molecule has 1 amide bonds. The van der Waals surface area contributed by atoms with E-state index in [1.807, 2.05) is 29.2 Å². The summed E-state index contributed by atoms with van der Waals surface area (Å²) in [5.41, 5.74) is 1.82. The molecule has 0 saturated carbocycles. The third-order valence-corrected chi connectivity index (χ3v) is 4.92. The predicted octanol–water partition coefficient (Wildman–Crippen LogP) is 0.649. The number of benzene rings is 1. The van der Waals surface area contributed by atoms with E-state index in [1.165, 1.54) is 24.2 Å². The van der Waals surface area contributed by atoms with Crippen LogP contribution in [0.5, 0.6) is 0 Å². The van der Waals surface area contributed by atoms with Crippen LogP contribution in [0.2, 0.25) is 0 Å². The average molecular weight is 303 g/mol. The topological polar surface area (TPSA) is 43.2 Å². The number of carbonyl (C=O) groups is 1. The van der Waals surface area contributed by atoms with Crippen LogP contribution in [0.1, 0.15) is 31.2 Å². The molecule has 5 heteroatoms. The van der Waals surface area contributed by atoms with Crippen molar-refractivity contribution in [3.8, 4) is 0 Å². The molecule has 0 aliphatic carbocycles. The SMILES string of the molecule is O=C1N(C[NH+]2CCCCC2)c2ccccc2C12OCCCO2. The number of ether oxygens (including phenoxy) is 2. The van der Waals surface area contributed by atoms with Gasteiger partial charge in [0.1, 0.15) is 0 Å². The minimum atomic E-state index is -1.19. The van der Waals surface area contributed by atoms with Crippen molar-refractivity contribution in [1.29, 1.82) is 0 Å². The van der Waals surface area contributed by atoms with Gasteiger partial charge in [-0.2, -0.15) is 0 Å². The molecule has 1 N–H and O–H groups in total. The Morgan fingerprint density at radius 1 is 1.05 bits per heavy atom. The van der Waals surface area contributed by atoms with Crippen LogP contribution in [-0.4, -0.2) is 38.9 Å². The van der Waals surface area contributed by atoms with Crippen LogP contribution in [-0.2, 0) is 20.1 Å². The van der Waals surface area contributed by atoms with Crippen molar-refractivity contribution in [3.63, 3.8) is 0 Å². The summed E-state index contributed by atoms with van der Waals surface area (Å²) in [6.45, 7) is 4.14. The first kappa shape index (κ1) is 14.2. The van der Waals surface area contributed by atoms with Crippen LogP contribution in [0.25, 0.3) is 0 Å². The van der Waals surface area contributed by atoms with Gasteiger partial charge in [0.15, 0.2) is 6.67 Å². The predicted molar refractivity (Wildman–Crippen MR) is 81.5 cm³/mol. The second kappa shape index (κ2) is 5.65. The highest BCUT2D eigenvalue weighted by Gasteiger charge is 2.55. The van der Waals surface area contributed by atoms with Gasteiger partial charge in [-0.05, 0) is 31.7 Å². The summed E-state index contributed by atoms with van der Waals surface area (Å²) < 4.78 is 11.7. The van der Waals surface area contributed by atoms with Gasteiger partial charge >= 0.3 is 0 Å². The van der Waals surface area contributed by atoms with Crippen molar-refractivity contribution in [2.45, 2.75) is 31.5 Å². The fourth-order valence-electron chi connectivity index (χ4n) is 3.79. The summed E-state index contributed by atoms with van der Waals surface area (Å²) in [7, 11) is 0. The van der Waals surface area contributed by atoms with Crippen molar-refractivity contribution in [3.05, 3.63) is 29.8 Å². The number of para-hydroxylation sites is 1. The van der Waals surface area contributed by atoms with Gasteiger partial charge in [-0.15, -0.1) is 0 Å². The van der Waals surface area contributed by atoms with Crippen molar-refractivity contribution in [1.82, 2.24) is 0 Å². The van der Waals surface area contributed by atoms with E-state index in [0.717, 1.165) is 30.8 Å². The minimum absolute atomic E-state index is 0.0496. The molecule has 2 fully saturated rings. The van der Waals surface area contributed by atoms with E-state index in [-0.39, 0.29) is 5.91 Å². The lowest BCUT2D eigenvalue weighted by Crippen LogP contribution is -3.14. The van der Waals surface area contributed by atoms with Crippen LogP contribution in [0, 0.1) is 0 Å². The standard InChI is InChI=1S/C17H22N2O3/c20-16-17(21-11-6-12-22-17)14-7-2-3-8-15(14)19(16)13-18-9-4-1-5-10-18/h2-3,7-8H,1,4-6,9-13H2/p+1. The molecular formula is C17H23N2O3+. The van der Waals surface area contributed by atoms with Crippen LogP contribution in [0.4, 0.5) is 5.69 Å². The number of nitrogens with zero attached hydrogens (tertiary/aromatic N) is 1. The molecule has 3 heterocycles. The molecule has 3 aliphatic rings. The molecule has 1 aromatic carbocycles. The molecule has 0 radical (unpaired) electrons. The number of hydrogen-bond donors (Lipinski definition) is 1. The number of rotatable bonds is 2. The monoisotopic (exact) mass is 303 g/mol. The molecule has 1 spiro atoms. The number of quaternary nitrogens is 1. The lowest BCUT2D eigenvalue weighted by molar-refractivity contribution is -0.903. The molecule has 4 rings (SSSR count). The fourth-order valence-corrected chi connectivity index (χ4v) is 3.79. The zero-order chi connectivity index (χ0) is 15.0. The largest absolute Gasteiger partial charge is 0.338 e. The summed E-state index contributed by atoms with van der Waals surface area (Å²) in [5, 5.41) is 0. The zero-order valence-electron chi connectivity index (χ0n) is 12.8. The first-order valence-corrected chi connectivity index (χ1v) is 8.34. The van der Waals surface area contributed by atoms with Crippen LogP contribution in [0.3, 0.4) is 0 Å². The number of nitrogens with one attached hydrogen (secondary N) is 1. The first-order valence-electron chi connectivity index (χ1n) is 8.34. The van der Waals surface area contributed by atoms with E-state index in [2.05, 4.69) is 0 Å². The quantitative estimate of drug-likeness (QED) is 0.872. The Bertz CT molecular complexity index is 563. The Morgan fingerprint density at radius 3 is 2.55 bits per heavy atom. The molecule has 0 aromatic heterocycles. The second-order valence-electron chi connectivity index (χ2n) is 6.39.